The molecule has 0 unspecified atom stereocenters. The first-order valence-corrected chi connectivity index (χ1v) is 10.4. The highest BCUT2D eigenvalue weighted by atomic mass is 19.4. The number of unbranched alkanes of at least 4 members (excludes halogenated alkanes) is 1. The van der Waals surface area contributed by atoms with Gasteiger partial charge in [0.1, 0.15) is 17.0 Å². The summed E-state index contributed by atoms with van der Waals surface area (Å²) in [6, 6.07) is 3.02. The number of benzene rings is 1. The van der Waals surface area contributed by atoms with Gasteiger partial charge in [-0.1, -0.05) is 36.5 Å². The van der Waals surface area contributed by atoms with Crippen LogP contribution in [0.25, 0.3) is 0 Å². The maximum absolute atomic E-state index is 14.2. The van der Waals surface area contributed by atoms with Crippen molar-refractivity contribution >= 4 is 0 Å². The highest BCUT2D eigenvalue weighted by Gasteiger charge is 2.56. The molecule has 164 valence electrons. The van der Waals surface area contributed by atoms with Gasteiger partial charge in [0, 0.05) is 12.0 Å². The van der Waals surface area contributed by atoms with Crippen LogP contribution in [0.3, 0.4) is 0 Å². The smallest absolute Gasteiger partial charge is 0.251 e. The Morgan fingerprint density at radius 3 is 2.07 bits per heavy atom. The third kappa shape index (κ3) is 5.01. The van der Waals surface area contributed by atoms with E-state index >= 15 is 0 Å². The molecule has 0 radical (unpaired) electrons. The fourth-order valence-corrected chi connectivity index (χ4v) is 4.60. The van der Waals surface area contributed by atoms with E-state index in [-0.39, 0.29) is 18.2 Å². The van der Waals surface area contributed by atoms with Gasteiger partial charge in [0.05, 0.1) is 6.67 Å². The largest absolute Gasteiger partial charge is 0.401 e. The normalized spacial score (nSPS) is 29.6. The van der Waals surface area contributed by atoms with Gasteiger partial charge >= 0.3 is 6.18 Å². The summed E-state index contributed by atoms with van der Waals surface area (Å²) in [7, 11) is 0. The Morgan fingerprint density at radius 1 is 0.933 bits per heavy atom. The molecule has 0 aromatic heterocycles. The summed E-state index contributed by atoms with van der Waals surface area (Å²) in [6.07, 6.45) is 7.97. The minimum Gasteiger partial charge on any atom is -0.251 e. The Kier molecular flexibility index (Phi) is 7.14. The molecule has 1 saturated carbocycles. The maximum Gasteiger partial charge on any atom is 0.401 e. The molecule has 6 heteroatoms. The average molecular weight is 428 g/mol. The molecule has 2 aliphatic carbocycles. The third-order valence-electron chi connectivity index (χ3n) is 6.28. The highest BCUT2D eigenvalue weighted by molar-refractivity contribution is 5.36. The van der Waals surface area contributed by atoms with E-state index in [9.17, 15) is 26.3 Å². The van der Waals surface area contributed by atoms with E-state index in [1.54, 1.807) is 0 Å². The van der Waals surface area contributed by atoms with Gasteiger partial charge in [0.15, 0.2) is 0 Å². The zero-order valence-corrected chi connectivity index (χ0v) is 16.6. The first kappa shape index (κ1) is 22.7. The molecule has 0 N–H and O–H groups in total. The van der Waals surface area contributed by atoms with Crippen LogP contribution in [-0.4, -0.2) is 12.9 Å². The summed E-state index contributed by atoms with van der Waals surface area (Å²) in [5.74, 6) is -2.45. The van der Waals surface area contributed by atoms with E-state index in [0.29, 0.717) is 38.5 Å². The molecule has 0 aliphatic heterocycles. The molecule has 0 nitrogen and oxygen atoms in total. The minimum absolute atomic E-state index is 0.228. The predicted molar refractivity (Wildman–Crippen MR) is 106 cm³/mol. The molecular weight excluding hydrogens is 402 g/mol. The summed E-state index contributed by atoms with van der Waals surface area (Å²) in [6.45, 7) is -0.368. The molecule has 3 rings (SSSR count). The van der Waals surface area contributed by atoms with Gasteiger partial charge in [0.25, 0.3) is 0 Å². The Hall–Kier alpha value is -1.98. The fourth-order valence-electron chi connectivity index (χ4n) is 4.60. The van der Waals surface area contributed by atoms with Crippen LogP contribution in [0.2, 0.25) is 0 Å². The lowest BCUT2D eigenvalue weighted by Crippen LogP contribution is -2.43. The van der Waals surface area contributed by atoms with E-state index in [4.69, 9.17) is 0 Å². The number of halogens is 6. The van der Waals surface area contributed by atoms with E-state index in [2.05, 4.69) is 0 Å². The second-order valence-electron chi connectivity index (χ2n) is 8.25. The second kappa shape index (κ2) is 9.44. The number of allylic oxidation sites excluding steroid dienone is 6. The number of rotatable bonds is 6. The van der Waals surface area contributed by atoms with Crippen molar-refractivity contribution in [3.8, 4) is 0 Å². The zero-order chi connectivity index (χ0) is 21.8. The van der Waals surface area contributed by atoms with Crippen molar-refractivity contribution in [3.05, 3.63) is 71.9 Å². The minimum atomic E-state index is -4.45. The van der Waals surface area contributed by atoms with Crippen LogP contribution in [-0.2, 0) is 0 Å². The van der Waals surface area contributed by atoms with Crippen LogP contribution >= 0.6 is 0 Å². The summed E-state index contributed by atoms with van der Waals surface area (Å²) in [4.78, 5) is 0. The van der Waals surface area contributed by atoms with Gasteiger partial charge in [-0.25, -0.2) is 8.78 Å². The highest BCUT2D eigenvalue weighted by Crippen LogP contribution is 2.54. The summed E-state index contributed by atoms with van der Waals surface area (Å²) in [5, 5.41) is 0. The maximum atomic E-state index is 14.2. The summed E-state index contributed by atoms with van der Waals surface area (Å²) in [5.41, 5.74) is -1.77. The van der Waals surface area contributed by atoms with Crippen molar-refractivity contribution in [1.29, 1.82) is 0 Å². The molecule has 1 aromatic rings. The molecule has 0 atom stereocenters. The lowest BCUT2D eigenvalue weighted by atomic mass is 9.64. The van der Waals surface area contributed by atoms with Crippen molar-refractivity contribution in [3.63, 3.8) is 0 Å². The fraction of sp³-hybridized carbons (Fsp3) is 0.500. The first-order chi connectivity index (χ1) is 14.2. The molecule has 1 aromatic carbocycles. The van der Waals surface area contributed by atoms with Crippen molar-refractivity contribution in [2.24, 2.45) is 17.3 Å². The molecular formula is C24H26F6. The molecule has 0 spiro atoms. The first-order valence-electron chi connectivity index (χ1n) is 10.4. The molecule has 30 heavy (non-hydrogen) atoms. The van der Waals surface area contributed by atoms with Gasteiger partial charge < -0.3 is 0 Å². The van der Waals surface area contributed by atoms with Gasteiger partial charge in [0.2, 0.25) is 0 Å². The van der Waals surface area contributed by atoms with Crippen LogP contribution in [0.5, 0.6) is 0 Å². The number of hydrogen-bond acceptors (Lipinski definition) is 0. The molecule has 0 amide bonds. The Balaban J connectivity index is 1.73. The lowest BCUT2D eigenvalue weighted by molar-refractivity contribution is -0.209. The third-order valence-corrected chi connectivity index (χ3v) is 6.28. The summed E-state index contributed by atoms with van der Waals surface area (Å²) >= 11 is 0. The van der Waals surface area contributed by atoms with E-state index in [1.165, 1.54) is 24.3 Å². The van der Waals surface area contributed by atoms with Crippen molar-refractivity contribution in [2.45, 2.75) is 50.6 Å². The standard InChI is InChI=1S/C24H26F6/c25-13-3-1-2-4-17-5-7-20(8-6-17)23(24(28,29)30)11-9-18(10-12-23)19-14-21(26)16-22(27)15-19/h2,4,9-12,14-18,20H,1,3,5-8,13H2/b4-2+. The van der Waals surface area contributed by atoms with Gasteiger partial charge in [-0.15, -0.1) is 0 Å². The number of alkyl halides is 4. The van der Waals surface area contributed by atoms with Crippen molar-refractivity contribution < 1.29 is 26.3 Å². The molecule has 0 bridgehead atoms. The monoisotopic (exact) mass is 428 g/mol. The van der Waals surface area contributed by atoms with Gasteiger partial charge in [-0.2, -0.15) is 13.2 Å². The van der Waals surface area contributed by atoms with E-state index < -0.39 is 35.1 Å². The molecule has 1 fully saturated rings. The lowest BCUT2D eigenvalue weighted by Gasteiger charge is -2.43. The Bertz CT molecular complexity index is 762. The average Bonchev–Trinajstić information content (AvgIpc) is 2.70. The second-order valence-corrected chi connectivity index (χ2v) is 8.25. The van der Waals surface area contributed by atoms with Crippen LogP contribution in [0.1, 0.15) is 50.0 Å². The van der Waals surface area contributed by atoms with E-state index in [1.807, 2.05) is 12.2 Å². The van der Waals surface area contributed by atoms with Crippen molar-refractivity contribution in [2.75, 3.05) is 6.67 Å². The Labute approximate surface area is 173 Å². The van der Waals surface area contributed by atoms with Crippen LogP contribution < -0.4 is 0 Å². The van der Waals surface area contributed by atoms with Crippen LogP contribution in [0, 0.1) is 28.9 Å². The topological polar surface area (TPSA) is 0 Å². The predicted octanol–water partition coefficient (Wildman–Crippen LogP) is 7.84. The van der Waals surface area contributed by atoms with Gasteiger partial charge in [-0.05, 0) is 68.1 Å². The Morgan fingerprint density at radius 2 is 1.53 bits per heavy atom. The molecule has 0 heterocycles. The zero-order valence-electron chi connectivity index (χ0n) is 16.6. The quantitative estimate of drug-likeness (QED) is 0.246. The molecule has 2 aliphatic rings. The number of hydrogen-bond donors (Lipinski definition) is 0. The van der Waals surface area contributed by atoms with Crippen LogP contribution in [0.4, 0.5) is 26.3 Å². The molecule has 0 saturated heterocycles. The summed E-state index contributed by atoms with van der Waals surface area (Å²) < 4.78 is 81.6. The van der Waals surface area contributed by atoms with E-state index in [0.717, 1.165) is 18.2 Å². The SMILES string of the molecule is FCCC/C=C/C1CCC(C2(C(F)(F)F)C=CC(c3cc(F)cc(F)c3)C=C2)CC1. The van der Waals surface area contributed by atoms with Crippen molar-refractivity contribution in [1.82, 2.24) is 0 Å². The van der Waals surface area contributed by atoms with Crippen LogP contribution in [0.15, 0.2) is 54.7 Å². The van der Waals surface area contributed by atoms with Gasteiger partial charge in [-0.3, -0.25) is 4.39 Å².